The van der Waals surface area contributed by atoms with Crippen molar-refractivity contribution in [2.24, 2.45) is 0 Å². The molecule has 3 rings (SSSR count). The fourth-order valence-electron chi connectivity index (χ4n) is 3.30. The van der Waals surface area contributed by atoms with Crippen molar-refractivity contribution in [1.82, 2.24) is 10.6 Å². The largest absolute Gasteiger partial charge is 0.497 e. The molecule has 0 saturated carbocycles. The molecule has 0 radical (unpaired) electrons. The molecule has 3 amide bonds. The van der Waals surface area contributed by atoms with E-state index < -0.39 is 41.5 Å². The Balaban J connectivity index is 1.71. The maximum absolute atomic E-state index is 14.5. The van der Waals surface area contributed by atoms with Gasteiger partial charge >= 0.3 is 12.0 Å². The monoisotopic (exact) mass is 433 g/mol. The molecule has 2 atom stereocenters. The van der Waals surface area contributed by atoms with Gasteiger partial charge in [-0.2, -0.15) is 0 Å². The molecule has 0 spiro atoms. The highest BCUT2D eigenvalue weighted by Gasteiger charge is 2.40. The number of ether oxygens (including phenoxy) is 2. The van der Waals surface area contributed by atoms with Crippen molar-refractivity contribution in [1.29, 1.82) is 0 Å². The van der Waals surface area contributed by atoms with E-state index >= 15 is 0 Å². The number of rotatable bonds is 6. The first-order valence-electron chi connectivity index (χ1n) is 9.49. The summed E-state index contributed by atoms with van der Waals surface area (Å²) in [5.41, 5.74) is 0.346. The van der Waals surface area contributed by atoms with Gasteiger partial charge in [-0.05, 0) is 31.2 Å². The van der Waals surface area contributed by atoms with Gasteiger partial charge in [0.15, 0.2) is 0 Å². The molecule has 0 bridgehead atoms. The number of hydrogen-bond acceptors (Lipinski definition) is 5. The first-order chi connectivity index (χ1) is 14.8. The second-order valence-corrected chi connectivity index (χ2v) is 6.73. The van der Waals surface area contributed by atoms with Crippen molar-refractivity contribution in [2.45, 2.75) is 18.9 Å². The number of amides is 3. The summed E-state index contributed by atoms with van der Waals surface area (Å²) in [5.74, 6) is -3.75. The number of benzene rings is 2. The summed E-state index contributed by atoms with van der Waals surface area (Å²) in [6, 6.07) is 6.03. The molecule has 2 aromatic rings. The quantitative estimate of drug-likeness (QED) is 0.608. The lowest BCUT2D eigenvalue weighted by molar-refractivity contribution is -0.120. The van der Waals surface area contributed by atoms with Crippen molar-refractivity contribution in [3.63, 3.8) is 0 Å². The molecule has 8 nitrogen and oxygen atoms in total. The van der Waals surface area contributed by atoms with Crippen LogP contribution in [-0.2, 0) is 9.53 Å². The van der Waals surface area contributed by atoms with Gasteiger partial charge in [-0.15, -0.1) is 0 Å². The zero-order valence-electron chi connectivity index (χ0n) is 16.8. The molecule has 2 aromatic carbocycles. The Labute approximate surface area is 176 Å². The Bertz CT molecular complexity index is 974. The molecule has 31 heavy (non-hydrogen) atoms. The van der Waals surface area contributed by atoms with E-state index in [4.69, 9.17) is 9.47 Å². The Morgan fingerprint density at radius 1 is 1.16 bits per heavy atom. The maximum Gasteiger partial charge on any atom is 0.338 e. The first kappa shape index (κ1) is 22.0. The second-order valence-electron chi connectivity index (χ2n) is 6.73. The van der Waals surface area contributed by atoms with Crippen LogP contribution in [0, 0.1) is 11.6 Å². The minimum Gasteiger partial charge on any atom is -0.497 e. The Morgan fingerprint density at radius 3 is 2.39 bits per heavy atom. The van der Waals surface area contributed by atoms with Crippen molar-refractivity contribution < 1.29 is 32.6 Å². The van der Waals surface area contributed by atoms with Crippen LogP contribution in [0.3, 0.4) is 0 Å². The lowest BCUT2D eigenvalue weighted by atomic mass is 9.93. The van der Waals surface area contributed by atoms with E-state index in [9.17, 15) is 23.2 Å². The summed E-state index contributed by atoms with van der Waals surface area (Å²) in [7, 11) is 1.28. The van der Waals surface area contributed by atoms with E-state index in [1.165, 1.54) is 31.4 Å². The normalized spacial score (nSPS) is 17.6. The van der Waals surface area contributed by atoms with Crippen LogP contribution < -0.4 is 20.7 Å². The number of halogens is 2. The first-order valence-corrected chi connectivity index (χ1v) is 9.49. The SMILES string of the molecule is CCOC(=O)c1ccc(NC(=O)NC2C(=O)NCC2c2c(F)cc(OC)cc2F)cc1. The smallest absolute Gasteiger partial charge is 0.338 e. The zero-order valence-corrected chi connectivity index (χ0v) is 16.8. The summed E-state index contributed by atoms with van der Waals surface area (Å²) < 4.78 is 38.7. The fraction of sp³-hybridized carbons (Fsp3) is 0.286. The molecule has 164 valence electrons. The molecule has 1 fully saturated rings. The molecule has 3 N–H and O–H groups in total. The number of carbonyl (C=O) groups is 3. The van der Waals surface area contributed by atoms with E-state index in [1.807, 2.05) is 0 Å². The van der Waals surface area contributed by atoms with Gasteiger partial charge in [-0.3, -0.25) is 4.79 Å². The summed E-state index contributed by atoms with van der Waals surface area (Å²) in [4.78, 5) is 36.3. The summed E-state index contributed by atoms with van der Waals surface area (Å²) in [6.07, 6.45) is 0. The van der Waals surface area contributed by atoms with Gasteiger partial charge in [0.25, 0.3) is 0 Å². The van der Waals surface area contributed by atoms with Gasteiger partial charge in [-0.1, -0.05) is 0 Å². The topological polar surface area (TPSA) is 106 Å². The Hall–Kier alpha value is -3.69. The average Bonchev–Trinajstić information content (AvgIpc) is 3.08. The second kappa shape index (κ2) is 9.41. The Kier molecular flexibility index (Phi) is 6.68. The van der Waals surface area contributed by atoms with E-state index in [1.54, 1.807) is 6.92 Å². The number of hydrogen-bond donors (Lipinski definition) is 3. The van der Waals surface area contributed by atoms with Crippen LogP contribution in [0.5, 0.6) is 5.75 Å². The molecule has 1 saturated heterocycles. The van der Waals surface area contributed by atoms with Gasteiger partial charge in [0.05, 0.1) is 19.3 Å². The van der Waals surface area contributed by atoms with Crippen LogP contribution in [0.2, 0.25) is 0 Å². The highest BCUT2D eigenvalue weighted by molar-refractivity contribution is 5.96. The summed E-state index contributed by atoms with van der Waals surface area (Å²) in [6.45, 7) is 1.88. The van der Waals surface area contributed by atoms with Crippen molar-refractivity contribution in [3.05, 3.63) is 59.2 Å². The van der Waals surface area contributed by atoms with Crippen LogP contribution in [0.25, 0.3) is 0 Å². The van der Waals surface area contributed by atoms with Crippen LogP contribution in [-0.4, -0.2) is 44.2 Å². The number of esters is 1. The highest BCUT2D eigenvalue weighted by atomic mass is 19.1. The zero-order chi connectivity index (χ0) is 22.5. The third-order valence-electron chi connectivity index (χ3n) is 4.78. The molecular formula is C21H21F2N3O5. The minimum atomic E-state index is -1.18. The van der Waals surface area contributed by atoms with Gasteiger partial charge < -0.3 is 25.4 Å². The molecule has 0 aromatic heterocycles. The molecule has 1 heterocycles. The van der Waals surface area contributed by atoms with Crippen LogP contribution in [0.4, 0.5) is 19.3 Å². The number of urea groups is 1. The van der Waals surface area contributed by atoms with Crippen LogP contribution in [0.1, 0.15) is 28.8 Å². The predicted molar refractivity (Wildman–Crippen MR) is 107 cm³/mol. The third kappa shape index (κ3) is 4.90. The van der Waals surface area contributed by atoms with Crippen molar-refractivity contribution in [2.75, 3.05) is 25.6 Å². The lowest BCUT2D eigenvalue weighted by Crippen LogP contribution is -2.45. The summed E-state index contributed by atoms with van der Waals surface area (Å²) in [5, 5.41) is 7.47. The maximum atomic E-state index is 14.5. The highest BCUT2D eigenvalue weighted by Crippen LogP contribution is 2.31. The number of methoxy groups -OCH3 is 1. The Morgan fingerprint density at radius 2 is 1.81 bits per heavy atom. The number of nitrogens with one attached hydrogen (secondary N) is 3. The standard InChI is InChI=1S/C21H21F2N3O5/c1-3-31-20(28)11-4-6-12(7-5-11)25-21(29)26-18-14(10-24-19(18)27)17-15(22)8-13(30-2)9-16(17)23/h4-9,14,18H,3,10H2,1-2H3,(H,24,27)(H2,25,26,29). The van der Waals surface area contributed by atoms with Crippen molar-refractivity contribution >= 4 is 23.6 Å². The number of carbonyl (C=O) groups excluding carboxylic acids is 3. The van der Waals surface area contributed by atoms with E-state index in [2.05, 4.69) is 16.0 Å². The minimum absolute atomic E-state index is 0.00421. The predicted octanol–water partition coefficient (Wildman–Crippen LogP) is 2.55. The van der Waals surface area contributed by atoms with Crippen molar-refractivity contribution in [3.8, 4) is 5.75 Å². The van der Waals surface area contributed by atoms with E-state index in [-0.39, 0.29) is 24.5 Å². The van der Waals surface area contributed by atoms with E-state index in [0.29, 0.717) is 11.3 Å². The van der Waals surface area contributed by atoms with Crippen LogP contribution >= 0.6 is 0 Å². The van der Waals surface area contributed by atoms with Gasteiger partial charge in [0.2, 0.25) is 5.91 Å². The molecular weight excluding hydrogens is 412 g/mol. The van der Waals surface area contributed by atoms with Crippen LogP contribution in [0.15, 0.2) is 36.4 Å². The van der Waals surface area contributed by atoms with Gasteiger partial charge in [0.1, 0.15) is 23.4 Å². The molecule has 10 heteroatoms. The van der Waals surface area contributed by atoms with E-state index in [0.717, 1.165) is 12.1 Å². The molecule has 2 unspecified atom stereocenters. The fourth-order valence-corrected chi connectivity index (χ4v) is 3.30. The van der Waals surface area contributed by atoms with Gasteiger partial charge in [-0.25, -0.2) is 18.4 Å². The number of anilines is 1. The molecule has 0 aliphatic carbocycles. The summed E-state index contributed by atoms with van der Waals surface area (Å²) >= 11 is 0. The van der Waals surface area contributed by atoms with Gasteiger partial charge in [0, 0.05) is 35.8 Å². The lowest BCUT2D eigenvalue weighted by Gasteiger charge is -2.20. The third-order valence-corrected chi connectivity index (χ3v) is 4.78. The molecule has 1 aliphatic heterocycles. The molecule has 1 aliphatic rings. The average molecular weight is 433 g/mol.